The summed E-state index contributed by atoms with van der Waals surface area (Å²) in [5.74, 6) is 0.0151. The van der Waals surface area contributed by atoms with Crippen molar-refractivity contribution in [2.45, 2.75) is 57.1 Å². The van der Waals surface area contributed by atoms with Gasteiger partial charge in [0.2, 0.25) is 6.29 Å². The molecule has 0 saturated carbocycles. The van der Waals surface area contributed by atoms with E-state index in [-0.39, 0.29) is 19.0 Å². The maximum atomic E-state index is 12.1. The van der Waals surface area contributed by atoms with Gasteiger partial charge in [-0.1, -0.05) is 43.3 Å². The first-order valence-electron chi connectivity index (χ1n) is 10.2. The molecule has 0 bridgehead atoms. The lowest BCUT2D eigenvalue weighted by molar-refractivity contribution is -0.277. The van der Waals surface area contributed by atoms with Crippen molar-refractivity contribution in [3.8, 4) is 5.75 Å². The molecule has 3 rings (SSSR count). The summed E-state index contributed by atoms with van der Waals surface area (Å²) in [5.41, 5.74) is 2.85. The number of carbonyl (C=O) groups excluding carboxylic acids is 1. The quantitative estimate of drug-likeness (QED) is 0.450. The van der Waals surface area contributed by atoms with Crippen LogP contribution in [0.2, 0.25) is 0 Å². The molecule has 4 N–H and O–H groups in total. The highest BCUT2D eigenvalue weighted by molar-refractivity contribution is 5.72. The molecule has 0 radical (unpaired) electrons. The largest absolute Gasteiger partial charge is 0.462 e. The Bertz CT molecular complexity index is 834. The molecule has 1 aliphatic heterocycles. The van der Waals surface area contributed by atoms with Gasteiger partial charge in [-0.15, -0.1) is 0 Å². The molecule has 1 heterocycles. The number of aliphatic hydroxyl groups excluding tert-OH is 4. The van der Waals surface area contributed by atoms with Gasteiger partial charge in [-0.3, -0.25) is 4.79 Å². The zero-order valence-electron chi connectivity index (χ0n) is 17.3. The lowest BCUT2D eigenvalue weighted by Crippen LogP contribution is -2.60. The van der Waals surface area contributed by atoms with Gasteiger partial charge in [0.25, 0.3) is 0 Å². The lowest BCUT2D eigenvalue weighted by Gasteiger charge is -2.39. The highest BCUT2D eigenvalue weighted by Crippen LogP contribution is 2.24. The van der Waals surface area contributed by atoms with E-state index in [9.17, 15) is 25.2 Å². The second kappa shape index (κ2) is 10.7. The van der Waals surface area contributed by atoms with Crippen molar-refractivity contribution in [1.29, 1.82) is 0 Å². The van der Waals surface area contributed by atoms with Crippen LogP contribution in [0.5, 0.6) is 5.75 Å². The van der Waals surface area contributed by atoms with Crippen LogP contribution in [0.15, 0.2) is 48.5 Å². The smallest absolute Gasteiger partial charge is 0.310 e. The number of esters is 1. The predicted octanol–water partition coefficient (Wildman–Crippen LogP) is 0.714. The molecule has 8 nitrogen and oxygen atoms in total. The molecule has 31 heavy (non-hydrogen) atoms. The van der Waals surface area contributed by atoms with Crippen LogP contribution in [-0.4, -0.2) is 63.7 Å². The number of aryl methyl sites for hydroxylation is 1. The Morgan fingerprint density at radius 1 is 0.903 bits per heavy atom. The molecule has 0 aromatic heterocycles. The number of hydrogen-bond acceptors (Lipinski definition) is 8. The van der Waals surface area contributed by atoms with Gasteiger partial charge in [0.1, 0.15) is 36.8 Å². The zero-order valence-corrected chi connectivity index (χ0v) is 17.3. The first kappa shape index (κ1) is 23.2. The summed E-state index contributed by atoms with van der Waals surface area (Å²) in [6.45, 7) is 1.65. The van der Waals surface area contributed by atoms with Crippen LogP contribution in [-0.2, 0) is 33.7 Å². The van der Waals surface area contributed by atoms with E-state index < -0.39 is 37.3 Å². The number of ether oxygens (including phenoxy) is 3. The summed E-state index contributed by atoms with van der Waals surface area (Å²) in [7, 11) is 0. The average Bonchev–Trinajstić information content (AvgIpc) is 2.79. The van der Waals surface area contributed by atoms with Gasteiger partial charge >= 0.3 is 5.97 Å². The van der Waals surface area contributed by atoms with Crippen LogP contribution in [0, 0.1) is 0 Å². The third-order valence-corrected chi connectivity index (χ3v) is 5.20. The van der Waals surface area contributed by atoms with Crippen LogP contribution in [0.3, 0.4) is 0 Å². The van der Waals surface area contributed by atoms with E-state index in [1.807, 2.05) is 24.3 Å². The third-order valence-electron chi connectivity index (χ3n) is 5.20. The van der Waals surface area contributed by atoms with Crippen molar-refractivity contribution in [2.24, 2.45) is 0 Å². The van der Waals surface area contributed by atoms with Crippen molar-refractivity contribution in [3.05, 3.63) is 65.2 Å². The van der Waals surface area contributed by atoms with Gasteiger partial charge in [0.15, 0.2) is 0 Å². The number of aliphatic hydroxyl groups is 4. The Balaban J connectivity index is 1.50. The van der Waals surface area contributed by atoms with Crippen molar-refractivity contribution < 1.29 is 39.4 Å². The van der Waals surface area contributed by atoms with Crippen LogP contribution >= 0.6 is 0 Å². The number of benzene rings is 2. The fourth-order valence-electron chi connectivity index (χ4n) is 3.24. The Morgan fingerprint density at radius 3 is 2.13 bits per heavy atom. The molecule has 2 aromatic carbocycles. The second-order valence-corrected chi connectivity index (χ2v) is 7.47. The number of carbonyl (C=O) groups is 1. The van der Waals surface area contributed by atoms with Gasteiger partial charge in [-0.25, -0.2) is 0 Å². The van der Waals surface area contributed by atoms with Crippen LogP contribution in [0.25, 0.3) is 0 Å². The first-order valence-corrected chi connectivity index (χ1v) is 10.2. The molecular weight excluding hydrogens is 404 g/mol. The van der Waals surface area contributed by atoms with Gasteiger partial charge in [0, 0.05) is 0 Å². The topological polar surface area (TPSA) is 126 Å². The molecule has 0 spiro atoms. The minimum absolute atomic E-state index is 0.103. The minimum Gasteiger partial charge on any atom is -0.462 e. The Morgan fingerprint density at radius 2 is 1.52 bits per heavy atom. The third kappa shape index (κ3) is 6.03. The second-order valence-electron chi connectivity index (χ2n) is 7.47. The van der Waals surface area contributed by atoms with Crippen molar-refractivity contribution in [2.75, 3.05) is 6.61 Å². The van der Waals surface area contributed by atoms with E-state index >= 15 is 0 Å². The maximum absolute atomic E-state index is 12.1. The average molecular weight is 432 g/mol. The Labute approximate surface area is 180 Å². The summed E-state index contributed by atoms with van der Waals surface area (Å²) in [4.78, 5) is 12.1. The summed E-state index contributed by atoms with van der Waals surface area (Å²) >= 11 is 0. The van der Waals surface area contributed by atoms with Gasteiger partial charge < -0.3 is 34.6 Å². The van der Waals surface area contributed by atoms with E-state index in [4.69, 9.17) is 14.2 Å². The van der Waals surface area contributed by atoms with Crippen molar-refractivity contribution >= 4 is 5.97 Å². The molecule has 2 aromatic rings. The maximum Gasteiger partial charge on any atom is 0.310 e. The molecule has 8 heteroatoms. The van der Waals surface area contributed by atoms with Crippen molar-refractivity contribution in [1.82, 2.24) is 0 Å². The fraction of sp³-hybridized carbons (Fsp3) is 0.435. The molecule has 1 fully saturated rings. The highest BCUT2D eigenvalue weighted by atomic mass is 16.7. The molecule has 2 unspecified atom stereocenters. The van der Waals surface area contributed by atoms with E-state index in [1.165, 1.54) is 5.56 Å². The molecule has 1 aliphatic rings. The van der Waals surface area contributed by atoms with Gasteiger partial charge in [-0.2, -0.15) is 0 Å². The molecule has 0 aliphatic carbocycles. The van der Waals surface area contributed by atoms with E-state index in [0.29, 0.717) is 5.75 Å². The first-order chi connectivity index (χ1) is 14.9. The van der Waals surface area contributed by atoms with Gasteiger partial charge in [0.05, 0.1) is 13.0 Å². The highest BCUT2D eigenvalue weighted by Gasteiger charge is 2.44. The van der Waals surface area contributed by atoms with Crippen LogP contribution in [0.4, 0.5) is 0 Å². The van der Waals surface area contributed by atoms with E-state index in [0.717, 1.165) is 17.5 Å². The number of hydrogen-bond donors (Lipinski definition) is 4. The monoisotopic (exact) mass is 432 g/mol. The summed E-state index contributed by atoms with van der Waals surface area (Å²) in [6, 6.07) is 14.4. The van der Waals surface area contributed by atoms with E-state index in [1.54, 1.807) is 24.3 Å². The lowest BCUT2D eigenvalue weighted by atomic mass is 9.99. The Kier molecular flexibility index (Phi) is 8.00. The molecule has 168 valence electrons. The van der Waals surface area contributed by atoms with Crippen LogP contribution in [0.1, 0.15) is 23.6 Å². The fourth-order valence-corrected chi connectivity index (χ4v) is 3.24. The normalized spacial score (nSPS) is 25.8. The predicted molar refractivity (Wildman–Crippen MR) is 110 cm³/mol. The Hall–Kier alpha value is -2.49. The van der Waals surface area contributed by atoms with Crippen LogP contribution < -0.4 is 4.74 Å². The SMILES string of the molecule is CCc1ccc(CC(=O)OCc2ccc(O[C@@H]3OC(CO)[C@H](O)C(O)[C@@H]3O)cc2)cc1. The molecule has 1 saturated heterocycles. The zero-order chi connectivity index (χ0) is 22.4. The summed E-state index contributed by atoms with van der Waals surface area (Å²) in [5, 5.41) is 38.9. The van der Waals surface area contributed by atoms with E-state index in [2.05, 4.69) is 6.92 Å². The molecular formula is C23H28O8. The summed E-state index contributed by atoms with van der Waals surface area (Å²) < 4.78 is 16.2. The summed E-state index contributed by atoms with van der Waals surface area (Å²) in [6.07, 6.45) is -5.58. The number of rotatable bonds is 8. The van der Waals surface area contributed by atoms with Gasteiger partial charge in [-0.05, 0) is 35.2 Å². The minimum atomic E-state index is -1.51. The van der Waals surface area contributed by atoms with Crippen molar-refractivity contribution in [3.63, 3.8) is 0 Å². The standard InChI is InChI=1S/C23H28O8/c1-2-14-3-5-15(6-4-14)11-19(25)29-13-16-7-9-17(10-8-16)30-23-22(28)21(27)20(26)18(12-24)31-23/h3-10,18,20-24,26-28H,2,11-13H2,1H3/t18?,20-,21?,22-,23+/m0/s1. The molecule has 0 amide bonds. The molecule has 5 atom stereocenters.